The molecule has 2 rings (SSSR count). The van der Waals surface area contributed by atoms with E-state index in [4.69, 9.17) is 4.74 Å². The first kappa shape index (κ1) is 16.8. The minimum atomic E-state index is 0.639. The van der Waals surface area contributed by atoms with Gasteiger partial charge in [-0.1, -0.05) is 33.1 Å². The monoisotopic (exact) mass is 354 g/mol. The van der Waals surface area contributed by atoms with Gasteiger partial charge in [0.2, 0.25) is 5.88 Å². The van der Waals surface area contributed by atoms with Gasteiger partial charge in [0.15, 0.2) is 0 Å². The quantitative estimate of drug-likeness (QED) is 0.661. The van der Waals surface area contributed by atoms with Gasteiger partial charge in [-0.15, -0.1) is 0 Å². The fourth-order valence-electron chi connectivity index (χ4n) is 2.36. The average molecular weight is 355 g/mol. The minimum absolute atomic E-state index is 0.639. The van der Waals surface area contributed by atoms with E-state index in [1.165, 1.54) is 38.5 Å². The van der Waals surface area contributed by atoms with Gasteiger partial charge < -0.3 is 10.1 Å². The lowest BCUT2D eigenvalue weighted by molar-refractivity contribution is 0.223. The van der Waals surface area contributed by atoms with Crippen LogP contribution in [0.25, 0.3) is 0 Å². The fourth-order valence-corrected chi connectivity index (χ4v) is 2.74. The highest BCUT2D eigenvalue weighted by atomic mass is 79.9. The summed E-state index contributed by atoms with van der Waals surface area (Å²) in [7, 11) is 0. The van der Waals surface area contributed by atoms with E-state index < -0.39 is 0 Å². The zero-order chi connectivity index (χ0) is 15.1. The van der Waals surface area contributed by atoms with Crippen LogP contribution in [0.3, 0.4) is 0 Å². The van der Waals surface area contributed by atoms with Crippen LogP contribution in [0.15, 0.2) is 16.7 Å². The Morgan fingerprint density at radius 3 is 2.90 bits per heavy atom. The van der Waals surface area contributed by atoms with E-state index in [1.54, 1.807) is 0 Å². The highest BCUT2D eigenvalue weighted by Crippen LogP contribution is 2.24. The number of pyridine rings is 1. The Morgan fingerprint density at radius 1 is 1.43 bits per heavy atom. The van der Waals surface area contributed by atoms with Crippen molar-refractivity contribution in [3.8, 4) is 5.88 Å². The molecule has 0 saturated heterocycles. The van der Waals surface area contributed by atoms with Gasteiger partial charge in [0.25, 0.3) is 0 Å². The molecule has 1 heterocycles. The van der Waals surface area contributed by atoms with Gasteiger partial charge in [-0.3, -0.25) is 0 Å². The van der Waals surface area contributed by atoms with Crippen LogP contribution in [-0.4, -0.2) is 17.6 Å². The molecule has 1 aliphatic carbocycles. The van der Waals surface area contributed by atoms with Crippen molar-refractivity contribution < 1.29 is 4.74 Å². The lowest BCUT2D eigenvalue weighted by Crippen LogP contribution is -2.18. The van der Waals surface area contributed by atoms with Crippen LogP contribution in [0, 0.1) is 5.92 Å². The summed E-state index contributed by atoms with van der Waals surface area (Å²) in [6.07, 6.45) is 9.38. The summed E-state index contributed by atoms with van der Waals surface area (Å²) in [5.74, 6) is 1.43. The van der Waals surface area contributed by atoms with E-state index in [-0.39, 0.29) is 0 Å². The standard InChI is InChI=1S/C17H27BrN2O/c1-3-5-6-13(4-2)12-21-17-14(9-15(18)11-20-17)10-19-16-7-8-16/h9,11,13,16,19H,3-8,10,12H2,1-2H3. The smallest absolute Gasteiger partial charge is 0.217 e. The van der Waals surface area contributed by atoms with Crippen LogP contribution in [-0.2, 0) is 6.54 Å². The maximum absolute atomic E-state index is 6.02. The molecule has 21 heavy (non-hydrogen) atoms. The zero-order valence-corrected chi connectivity index (χ0v) is 14.8. The summed E-state index contributed by atoms with van der Waals surface area (Å²) in [5, 5.41) is 3.54. The van der Waals surface area contributed by atoms with Crippen molar-refractivity contribution >= 4 is 15.9 Å². The van der Waals surface area contributed by atoms with Gasteiger partial charge in [0.1, 0.15) is 0 Å². The van der Waals surface area contributed by atoms with Crippen molar-refractivity contribution in [2.75, 3.05) is 6.61 Å². The van der Waals surface area contributed by atoms with Gasteiger partial charge in [0.05, 0.1) is 6.61 Å². The number of nitrogens with zero attached hydrogens (tertiary/aromatic N) is 1. The zero-order valence-electron chi connectivity index (χ0n) is 13.2. The Labute approximate surface area is 137 Å². The molecule has 4 heteroatoms. The molecule has 0 amide bonds. The molecule has 0 aromatic carbocycles. The number of rotatable bonds is 10. The van der Waals surface area contributed by atoms with E-state index in [9.17, 15) is 0 Å². The third kappa shape index (κ3) is 5.95. The normalized spacial score (nSPS) is 16.0. The molecule has 0 aliphatic heterocycles. The van der Waals surface area contributed by atoms with Gasteiger partial charge in [0, 0.05) is 28.8 Å². The van der Waals surface area contributed by atoms with E-state index in [0.717, 1.165) is 29.1 Å². The molecule has 1 aliphatic rings. The number of halogens is 1. The molecule has 1 atom stereocenters. The van der Waals surface area contributed by atoms with Crippen molar-refractivity contribution in [1.82, 2.24) is 10.3 Å². The van der Waals surface area contributed by atoms with Crippen molar-refractivity contribution in [2.24, 2.45) is 5.92 Å². The summed E-state index contributed by atoms with van der Waals surface area (Å²) in [6, 6.07) is 2.81. The second kappa shape index (κ2) is 8.74. The van der Waals surface area contributed by atoms with E-state index in [0.29, 0.717) is 12.0 Å². The second-order valence-electron chi connectivity index (χ2n) is 6.00. The highest BCUT2D eigenvalue weighted by molar-refractivity contribution is 9.10. The molecule has 1 aromatic heterocycles. The van der Waals surface area contributed by atoms with Crippen LogP contribution >= 0.6 is 15.9 Å². The topological polar surface area (TPSA) is 34.1 Å². The first-order chi connectivity index (χ1) is 10.2. The minimum Gasteiger partial charge on any atom is -0.477 e. The molecule has 1 fully saturated rings. The van der Waals surface area contributed by atoms with Gasteiger partial charge in [-0.25, -0.2) is 4.98 Å². The summed E-state index contributed by atoms with van der Waals surface area (Å²) < 4.78 is 7.04. The van der Waals surface area contributed by atoms with Gasteiger partial charge in [-0.05, 0) is 47.2 Å². The lowest BCUT2D eigenvalue weighted by Gasteiger charge is -2.17. The maximum Gasteiger partial charge on any atom is 0.217 e. The number of aromatic nitrogens is 1. The first-order valence-corrected chi connectivity index (χ1v) is 9.02. The van der Waals surface area contributed by atoms with Crippen LogP contribution in [0.5, 0.6) is 5.88 Å². The molecular formula is C17H27BrN2O. The molecule has 1 saturated carbocycles. The van der Waals surface area contributed by atoms with Crippen molar-refractivity contribution in [3.05, 3.63) is 22.3 Å². The Bertz CT molecular complexity index is 435. The van der Waals surface area contributed by atoms with Crippen LogP contribution in [0.2, 0.25) is 0 Å². The number of nitrogens with one attached hydrogen (secondary N) is 1. The largest absolute Gasteiger partial charge is 0.477 e. The van der Waals surface area contributed by atoms with Crippen LogP contribution < -0.4 is 10.1 Å². The molecular weight excluding hydrogens is 328 g/mol. The molecule has 1 N–H and O–H groups in total. The second-order valence-corrected chi connectivity index (χ2v) is 6.92. The molecule has 118 valence electrons. The van der Waals surface area contributed by atoms with E-state index in [2.05, 4.69) is 46.1 Å². The third-order valence-corrected chi connectivity index (χ3v) is 4.48. The lowest BCUT2D eigenvalue weighted by atomic mass is 10.0. The van der Waals surface area contributed by atoms with Gasteiger partial charge >= 0.3 is 0 Å². The highest BCUT2D eigenvalue weighted by Gasteiger charge is 2.21. The Hall–Kier alpha value is -0.610. The number of ether oxygens (including phenoxy) is 1. The summed E-state index contributed by atoms with van der Waals surface area (Å²) in [5.41, 5.74) is 1.15. The van der Waals surface area contributed by atoms with Crippen molar-refractivity contribution in [2.45, 2.75) is 65.0 Å². The Balaban J connectivity index is 1.90. The number of hydrogen-bond acceptors (Lipinski definition) is 3. The molecule has 0 bridgehead atoms. The molecule has 1 unspecified atom stereocenters. The van der Waals surface area contributed by atoms with E-state index in [1.807, 2.05) is 6.20 Å². The Morgan fingerprint density at radius 2 is 2.24 bits per heavy atom. The van der Waals surface area contributed by atoms with E-state index >= 15 is 0 Å². The SMILES string of the molecule is CCCCC(CC)COc1ncc(Br)cc1CNC1CC1. The Kier molecular flexibility index (Phi) is 6.97. The predicted octanol–water partition coefficient (Wildman–Crippen LogP) is 4.69. The van der Waals surface area contributed by atoms with Crippen LogP contribution in [0.4, 0.5) is 0 Å². The molecule has 1 aromatic rings. The van der Waals surface area contributed by atoms with Crippen molar-refractivity contribution in [1.29, 1.82) is 0 Å². The summed E-state index contributed by atoms with van der Waals surface area (Å²) in [4.78, 5) is 4.45. The predicted molar refractivity (Wildman–Crippen MR) is 90.6 cm³/mol. The van der Waals surface area contributed by atoms with Crippen LogP contribution in [0.1, 0.15) is 57.9 Å². The maximum atomic E-state index is 6.02. The summed E-state index contributed by atoms with van der Waals surface area (Å²) in [6.45, 7) is 6.11. The number of hydrogen-bond donors (Lipinski definition) is 1. The molecule has 3 nitrogen and oxygen atoms in total. The summed E-state index contributed by atoms with van der Waals surface area (Å²) >= 11 is 3.50. The van der Waals surface area contributed by atoms with Crippen molar-refractivity contribution in [3.63, 3.8) is 0 Å². The fraction of sp³-hybridized carbons (Fsp3) is 0.706. The average Bonchev–Trinajstić information content (AvgIpc) is 3.31. The third-order valence-electron chi connectivity index (χ3n) is 4.05. The first-order valence-electron chi connectivity index (χ1n) is 8.23. The van der Waals surface area contributed by atoms with Gasteiger partial charge in [-0.2, -0.15) is 0 Å². The number of unbranched alkanes of at least 4 members (excludes halogenated alkanes) is 1. The molecule has 0 radical (unpaired) electrons. The molecule has 0 spiro atoms.